The van der Waals surface area contributed by atoms with Gasteiger partial charge in [-0.3, -0.25) is 14.6 Å². The molecule has 9 nitrogen and oxygen atoms in total. The Kier molecular flexibility index (Phi) is 7.70. The lowest BCUT2D eigenvalue weighted by Gasteiger charge is -2.31. The summed E-state index contributed by atoms with van der Waals surface area (Å²) in [6, 6.07) is 14.3. The molecule has 1 aromatic heterocycles. The minimum absolute atomic E-state index is 0.00412. The highest BCUT2D eigenvalue weighted by atomic mass is 19.1. The SMILES string of the molecule is CN(C)C=NC1CCN(c2c(F)cc3c(=O)c(C(=O)NCCC4CCCN4C)cn4c3c2Oc2cc3c(cc2-4)Cc2ccccc2C3)C1. The summed E-state index contributed by atoms with van der Waals surface area (Å²) in [5.41, 5.74) is 5.91. The number of aliphatic imine (C=N–C) groups is 1. The number of amides is 1. The number of rotatable bonds is 7. The molecule has 3 aromatic carbocycles. The molecule has 2 unspecified atom stereocenters. The van der Waals surface area contributed by atoms with Gasteiger partial charge < -0.3 is 29.3 Å². The van der Waals surface area contributed by atoms with E-state index < -0.39 is 17.2 Å². The number of halogens is 1. The second kappa shape index (κ2) is 12.1. The molecule has 4 aliphatic rings. The monoisotopic (exact) mass is 648 g/mol. The van der Waals surface area contributed by atoms with Crippen molar-refractivity contribution >= 4 is 28.8 Å². The van der Waals surface area contributed by atoms with Gasteiger partial charge in [0.25, 0.3) is 5.91 Å². The molecule has 0 saturated carbocycles. The quantitative estimate of drug-likeness (QED) is 0.191. The molecule has 2 fully saturated rings. The van der Waals surface area contributed by atoms with E-state index in [4.69, 9.17) is 4.74 Å². The lowest BCUT2D eigenvalue weighted by molar-refractivity contribution is 0.0949. The van der Waals surface area contributed by atoms with Crippen LogP contribution >= 0.6 is 0 Å². The summed E-state index contributed by atoms with van der Waals surface area (Å²) in [6.07, 6.45) is 8.80. The molecule has 4 aromatic rings. The summed E-state index contributed by atoms with van der Waals surface area (Å²) < 4.78 is 24.9. The van der Waals surface area contributed by atoms with Crippen molar-refractivity contribution in [3.05, 3.63) is 92.5 Å². The zero-order chi connectivity index (χ0) is 33.1. The minimum Gasteiger partial charge on any atom is -0.451 e. The number of pyridine rings is 1. The van der Waals surface area contributed by atoms with Crippen LogP contribution in [0.2, 0.25) is 0 Å². The lowest BCUT2D eigenvalue weighted by atomic mass is 9.85. The highest BCUT2D eigenvalue weighted by molar-refractivity contribution is 6.01. The number of hydrogen-bond acceptors (Lipinski definition) is 6. The normalized spacial score (nSPS) is 19.7. The number of hydrogen-bond donors (Lipinski definition) is 1. The Morgan fingerprint density at radius 3 is 2.58 bits per heavy atom. The molecule has 248 valence electrons. The highest BCUT2D eigenvalue weighted by Gasteiger charge is 2.34. The first-order valence-electron chi connectivity index (χ1n) is 17.0. The molecule has 1 aliphatic carbocycles. The van der Waals surface area contributed by atoms with Crippen molar-refractivity contribution in [3.8, 4) is 17.2 Å². The van der Waals surface area contributed by atoms with Crippen molar-refractivity contribution in [1.29, 1.82) is 0 Å². The zero-order valence-electron chi connectivity index (χ0n) is 27.8. The number of ether oxygens (including phenoxy) is 1. The molecule has 48 heavy (non-hydrogen) atoms. The van der Waals surface area contributed by atoms with Crippen molar-refractivity contribution < 1.29 is 13.9 Å². The summed E-state index contributed by atoms with van der Waals surface area (Å²) >= 11 is 0. The Bertz CT molecular complexity index is 2040. The van der Waals surface area contributed by atoms with E-state index in [2.05, 4.69) is 52.6 Å². The number of nitrogens with one attached hydrogen (secondary N) is 1. The number of anilines is 1. The fourth-order valence-corrected chi connectivity index (χ4v) is 7.92. The third kappa shape index (κ3) is 5.32. The van der Waals surface area contributed by atoms with Crippen LogP contribution in [0, 0.1) is 5.82 Å². The molecular formula is C38H41FN6O3. The van der Waals surface area contributed by atoms with E-state index in [-0.39, 0.29) is 17.0 Å². The predicted octanol–water partition coefficient (Wildman–Crippen LogP) is 5.11. The molecule has 10 heteroatoms. The second-order valence-electron chi connectivity index (χ2n) is 13.9. The van der Waals surface area contributed by atoms with Crippen LogP contribution in [-0.4, -0.2) is 86.0 Å². The number of likely N-dealkylation sites (tertiary alicyclic amines) is 1. The minimum atomic E-state index is -0.546. The molecule has 3 aliphatic heterocycles. The fraction of sp³-hybridized carbons (Fsp3) is 0.395. The van der Waals surface area contributed by atoms with E-state index in [0.29, 0.717) is 48.4 Å². The van der Waals surface area contributed by atoms with Crippen LogP contribution in [0.25, 0.3) is 16.6 Å². The first kappa shape index (κ1) is 30.6. The number of carbonyl (C=O) groups is 1. The van der Waals surface area contributed by atoms with Gasteiger partial charge in [-0.05, 0) is 92.6 Å². The first-order valence-corrected chi connectivity index (χ1v) is 17.0. The van der Waals surface area contributed by atoms with Gasteiger partial charge in [0.15, 0.2) is 17.3 Å². The molecule has 2 atom stereocenters. The molecule has 1 N–H and O–H groups in total. The highest BCUT2D eigenvalue weighted by Crippen LogP contribution is 2.48. The predicted molar refractivity (Wildman–Crippen MR) is 187 cm³/mol. The van der Waals surface area contributed by atoms with Gasteiger partial charge >= 0.3 is 0 Å². The van der Waals surface area contributed by atoms with Crippen LogP contribution in [-0.2, 0) is 12.8 Å². The Labute approximate surface area is 279 Å². The molecular weight excluding hydrogens is 607 g/mol. The third-order valence-corrected chi connectivity index (χ3v) is 10.5. The number of benzene rings is 3. The largest absolute Gasteiger partial charge is 0.451 e. The van der Waals surface area contributed by atoms with Gasteiger partial charge in [-0.1, -0.05) is 24.3 Å². The standard InChI is InChI=1S/C38H41FN6O3/c1-42(2)22-41-27-11-14-44(20-27)35-31(39)19-29-34-37(35)48-33-18-26-16-24-8-5-4-7-23(24)15-25(26)17-32(33)45(34)21-30(36(29)46)38(47)40-12-10-28-9-6-13-43(28)3/h4-5,7-8,17-19,21-22,27-28H,6,9-16,20H2,1-3H3,(H,40,47). The van der Waals surface area contributed by atoms with Crippen LogP contribution in [0.5, 0.6) is 11.5 Å². The average Bonchev–Trinajstić information content (AvgIpc) is 3.71. The van der Waals surface area contributed by atoms with Gasteiger partial charge in [-0.2, -0.15) is 0 Å². The summed E-state index contributed by atoms with van der Waals surface area (Å²) in [5, 5.41) is 3.12. The number of aromatic nitrogens is 1. The number of fused-ring (bicyclic) bond motifs is 4. The van der Waals surface area contributed by atoms with Gasteiger partial charge in [0.05, 0.1) is 23.5 Å². The average molecular weight is 649 g/mol. The summed E-state index contributed by atoms with van der Waals surface area (Å²) in [4.78, 5) is 38.5. The third-order valence-electron chi connectivity index (χ3n) is 10.5. The molecule has 4 heterocycles. The van der Waals surface area contributed by atoms with Crippen LogP contribution in [0.3, 0.4) is 0 Å². The van der Waals surface area contributed by atoms with Crippen molar-refractivity contribution in [2.45, 2.75) is 50.6 Å². The maximum Gasteiger partial charge on any atom is 0.256 e. The maximum absolute atomic E-state index is 16.3. The maximum atomic E-state index is 16.3. The van der Waals surface area contributed by atoms with Gasteiger partial charge in [0, 0.05) is 46.0 Å². The molecule has 0 spiro atoms. The Morgan fingerprint density at radius 1 is 1.08 bits per heavy atom. The van der Waals surface area contributed by atoms with Crippen LogP contribution < -0.4 is 20.4 Å². The Balaban J connectivity index is 1.23. The Morgan fingerprint density at radius 2 is 1.85 bits per heavy atom. The smallest absolute Gasteiger partial charge is 0.256 e. The van der Waals surface area contributed by atoms with Crippen molar-refractivity contribution in [1.82, 2.24) is 19.7 Å². The topological polar surface area (TPSA) is 82.4 Å². The van der Waals surface area contributed by atoms with Gasteiger partial charge in [-0.15, -0.1) is 0 Å². The fourth-order valence-electron chi connectivity index (χ4n) is 7.92. The second-order valence-corrected chi connectivity index (χ2v) is 13.9. The molecule has 2 saturated heterocycles. The van der Waals surface area contributed by atoms with Crippen LogP contribution in [0.15, 0.2) is 58.4 Å². The van der Waals surface area contributed by atoms with E-state index in [1.165, 1.54) is 22.8 Å². The first-order chi connectivity index (χ1) is 23.2. The van der Waals surface area contributed by atoms with Crippen molar-refractivity contribution in [3.63, 3.8) is 0 Å². The van der Waals surface area contributed by atoms with E-state index in [0.717, 1.165) is 56.3 Å². The van der Waals surface area contributed by atoms with Crippen molar-refractivity contribution in [2.24, 2.45) is 4.99 Å². The zero-order valence-corrected chi connectivity index (χ0v) is 27.8. The van der Waals surface area contributed by atoms with Crippen LogP contribution in [0.1, 0.15) is 58.3 Å². The molecule has 0 bridgehead atoms. The lowest BCUT2D eigenvalue weighted by Crippen LogP contribution is -2.34. The Hall–Kier alpha value is -4.70. The van der Waals surface area contributed by atoms with Gasteiger partial charge in [0.2, 0.25) is 5.43 Å². The molecule has 8 rings (SSSR count). The summed E-state index contributed by atoms with van der Waals surface area (Å²) in [6.45, 7) is 2.64. The molecule has 1 amide bonds. The number of carbonyl (C=O) groups excluding carboxylic acids is 1. The van der Waals surface area contributed by atoms with Gasteiger partial charge in [0.1, 0.15) is 16.8 Å². The number of nitrogens with zero attached hydrogens (tertiary/aromatic N) is 5. The van der Waals surface area contributed by atoms with Gasteiger partial charge in [-0.25, -0.2) is 4.39 Å². The summed E-state index contributed by atoms with van der Waals surface area (Å²) in [7, 11) is 5.96. The molecule has 0 radical (unpaired) electrons. The van der Waals surface area contributed by atoms with E-state index in [1.807, 2.05) is 34.5 Å². The summed E-state index contributed by atoms with van der Waals surface area (Å²) in [5.74, 6) is -0.109. The van der Waals surface area contributed by atoms with Crippen LogP contribution in [0.4, 0.5) is 10.1 Å². The van der Waals surface area contributed by atoms with E-state index >= 15 is 4.39 Å². The van der Waals surface area contributed by atoms with E-state index in [1.54, 1.807) is 12.5 Å². The van der Waals surface area contributed by atoms with E-state index in [9.17, 15) is 9.59 Å². The van der Waals surface area contributed by atoms with Crippen molar-refractivity contribution in [2.75, 3.05) is 52.2 Å².